The summed E-state index contributed by atoms with van der Waals surface area (Å²) < 4.78 is 5.37. The molecule has 0 bridgehead atoms. The summed E-state index contributed by atoms with van der Waals surface area (Å²) in [5, 5.41) is 2.81. The van der Waals surface area contributed by atoms with Crippen LogP contribution in [0.4, 0.5) is 0 Å². The lowest BCUT2D eigenvalue weighted by atomic mass is 9.99. The Morgan fingerprint density at radius 2 is 2.00 bits per heavy atom. The lowest BCUT2D eigenvalue weighted by Crippen LogP contribution is -2.57. The number of ether oxygens (including phenoxy) is 1. The number of nitrogens with zero attached hydrogens (tertiary/aromatic N) is 3. The van der Waals surface area contributed by atoms with E-state index >= 15 is 0 Å². The second kappa shape index (κ2) is 10.2. The summed E-state index contributed by atoms with van der Waals surface area (Å²) in [5.74, 6) is -0.366. The molecule has 0 aromatic carbocycles. The average molecular weight is 374 g/mol. The van der Waals surface area contributed by atoms with E-state index in [0.29, 0.717) is 18.7 Å². The molecule has 1 aromatic rings. The average Bonchev–Trinajstić information content (AvgIpc) is 2.70. The van der Waals surface area contributed by atoms with Crippen LogP contribution in [0.25, 0.3) is 0 Å². The Kier molecular flexibility index (Phi) is 7.94. The SMILES string of the molecule is C=CCNC(=O)C(C)(C)N(CCCN1CCOCC1)C(=O)c1ccncc1. The molecule has 0 unspecified atom stereocenters. The molecule has 2 amide bonds. The van der Waals surface area contributed by atoms with Crippen molar-refractivity contribution in [3.05, 3.63) is 42.7 Å². The number of hydrogen-bond donors (Lipinski definition) is 1. The zero-order valence-corrected chi connectivity index (χ0v) is 16.3. The van der Waals surface area contributed by atoms with Crippen LogP contribution in [0.3, 0.4) is 0 Å². The predicted octanol–water partition coefficient (Wildman–Crippen LogP) is 1.33. The highest BCUT2D eigenvalue weighted by atomic mass is 16.5. The molecule has 2 heterocycles. The van der Waals surface area contributed by atoms with Crippen molar-refractivity contribution in [3.63, 3.8) is 0 Å². The van der Waals surface area contributed by atoms with Gasteiger partial charge in [0.25, 0.3) is 5.91 Å². The van der Waals surface area contributed by atoms with E-state index in [9.17, 15) is 9.59 Å². The molecule has 27 heavy (non-hydrogen) atoms. The van der Waals surface area contributed by atoms with E-state index in [1.807, 2.05) is 0 Å². The number of carbonyl (C=O) groups is 2. The van der Waals surface area contributed by atoms with Crippen LogP contribution in [-0.2, 0) is 9.53 Å². The van der Waals surface area contributed by atoms with E-state index in [2.05, 4.69) is 21.8 Å². The van der Waals surface area contributed by atoms with Crippen LogP contribution >= 0.6 is 0 Å². The molecule has 7 heteroatoms. The van der Waals surface area contributed by atoms with Crippen molar-refractivity contribution in [2.45, 2.75) is 25.8 Å². The number of carbonyl (C=O) groups excluding carboxylic acids is 2. The van der Waals surface area contributed by atoms with Gasteiger partial charge >= 0.3 is 0 Å². The van der Waals surface area contributed by atoms with Gasteiger partial charge in [-0.2, -0.15) is 0 Å². The number of hydrogen-bond acceptors (Lipinski definition) is 5. The highest BCUT2D eigenvalue weighted by molar-refractivity contribution is 5.98. The topological polar surface area (TPSA) is 74.8 Å². The van der Waals surface area contributed by atoms with Crippen molar-refractivity contribution in [1.82, 2.24) is 20.1 Å². The van der Waals surface area contributed by atoms with Gasteiger partial charge in [0.2, 0.25) is 5.91 Å². The van der Waals surface area contributed by atoms with Gasteiger partial charge in [0.1, 0.15) is 5.54 Å². The van der Waals surface area contributed by atoms with Crippen LogP contribution in [0.5, 0.6) is 0 Å². The Morgan fingerprint density at radius 3 is 2.63 bits per heavy atom. The molecule has 1 aliphatic heterocycles. The van der Waals surface area contributed by atoms with Gasteiger partial charge in [-0.25, -0.2) is 0 Å². The van der Waals surface area contributed by atoms with Crippen molar-refractivity contribution in [2.75, 3.05) is 45.9 Å². The molecule has 1 fully saturated rings. The van der Waals surface area contributed by atoms with Gasteiger partial charge in [-0.15, -0.1) is 6.58 Å². The van der Waals surface area contributed by atoms with Crippen LogP contribution in [0.15, 0.2) is 37.2 Å². The Morgan fingerprint density at radius 1 is 1.33 bits per heavy atom. The van der Waals surface area contributed by atoms with Crippen LogP contribution in [0.2, 0.25) is 0 Å². The van der Waals surface area contributed by atoms with Gasteiger partial charge in [-0.3, -0.25) is 19.5 Å². The lowest BCUT2D eigenvalue weighted by Gasteiger charge is -2.38. The minimum Gasteiger partial charge on any atom is -0.379 e. The molecule has 2 rings (SSSR count). The van der Waals surface area contributed by atoms with Gasteiger partial charge in [-0.05, 0) is 32.4 Å². The van der Waals surface area contributed by atoms with Gasteiger partial charge < -0.3 is 15.0 Å². The van der Waals surface area contributed by atoms with Crippen LogP contribution < -0.4 is 5.32 Å². The van der Waals surface area contributed by atoms with E-state index in [-0.39, 0.29) is 11.8 Å². The van der Waals surface area contributed by atoms with Gasteiger partial charge in [-0.1, -0.05) is 6.08 Å². The van der Waals surface area contributed by atoms with Crippen LogP contribution in [0.1, 0.15) is 30.6 Å². The van der Waals surface area contributed by atoms with Crippen molar-refractivity contribution in [3.8, 4) is 0 Å². The number of morpholine rings is 1. The molecule has 0 aliphatic carbocycles. The van der Waals surface area contributed by atoms with Crippen molar-refractivity contribution >= 4 is 11.8 Å². The van der Waals surface area contributed by atoms with Gasteiger partial charge in [0, 0.05) is 50.7 Å². The summed E-state index contributed by atoms with van der Waals surface area (Å²) in [6.45, 7) is 12.2. The largest absolute Gasteiger partial charge is 0.379 e. The molecule has 148 valence electrons. The molecular formula is C20H30N4O3. The maximum absolute atomic E-state index is 13.1. The maximum Gasteiger partial charge on any atom is 0.254 e. The fraction of sp³-hybridized carbons (Fsp3) is 0.550. The first-order valence-electron chi connectivity index (χ1n) is 9.38. The lowest BCUT2D eigenvalue weighted by molar-refractivity contribution is -0.130. The second-order valence-electron chi connectivity index (χ2n) is 7.06. The number of pyridine rings is 1. The third-order valence-corrected chi connectivity index (χ3v) is 4.77. The molecule has 0 radical (unpaired) electrons. The number of aromatic nitrogens is 1. The minimum atomic E-state index is -0.978. The molecule has 0 atom stereocenters. The Hall–Kier alpha value is -2.25. The first kappa shape index (κ1) is 21.1. The zero-order valence-electron chi connectivity index (χ0n) is 16.3. The number of nitrogens with one attached hydrogen (secondary N) is 1. The molecule has 1 aromatic heterocycles. The summed E-state index contributed by atoms with van der Waals surface area (Å²) >= 11 is 0. The third-order valence-electron chi connectivity index (χ3n) is 4.77. The van der Waals surface area contributed by atoms with E-state index in [0.717, 1.165) is 39.3 Å². The van der Waals surface area contributed by atoms with Crippen molar-refractivity contribution in [1.29, 1.82) is 0 Å². The van der Waals surface area contributed by atoms with Crippen LogP contribution in [-0.4, -0.2) is 78.1 Å². The summed E-state index contributed by atoms with van der Waals surface area (Å²) in [6, 6.07) is 3.35. The first-order chi connectivity index (χ1) is 13.0. The van der Waals surface area contributed by atoms with Gasteiger partial charge in [0.15, 0.2) is 0 Å². The fourth-order valence-corrected chi connectivity index (χ4v) is 3.07. The van der Waals surface area contributed by atoms with E-state index in [4.69, 9.17) is 4.74 Å². The Labute approximate surface area is 161 Å². The fourth-order valence-electron chi connectivity index (χ4n) is 3.07. The summed E-state index contributed by atoms with van der Waals surface area (Å²) in [4.78, 5) is 33.7. The number of rotatable bonds is 9. The molecule has 1 N–H and O–H groups in total. The Bertz CT molecular complexity index is 627. The van der Waals surface area contributed by atoms with E-state index in [1.165, 1.54) is 0 Å². The molecule has 1 aliphatic rings. The standard InChI is InChI=1S/C20H30N4O3/c1-4-8-22-19(26)20(2,3)24(18(25)17-6-9-21-10-7-17)12-5-11-23-13-15-27-16-14-23/h4,6-7,9-10H,1,5,8,11-16H2,2-3H3,(H,22,26). The van der Waals surface area contributed by atoms with Gasteiger partial charge in [0.05, 0.1) is 13.2 Å². The highest BCUT2D eigenvalue weighted by Gasteiger charge is 2.37. The smallest absolute Gasteiger partial charge is 0.254 e. The molecule has 7 nitrogen and oxygen atoms in total. The van der Waals surface area contributed by atoms with Crippen molar-refractivity contribution in [2.24, 2.45) is 0 Å². The van der Waals surface area contributed by atoms with E-state index < -0.39 is 5.54 Å². The summed E-state index contributed by atoms with van der Waals surface area (Å²) in [7, 11) is 0. The van der Waals surface area contributed by atoms with Crippen molar-refractivity contribution < 1.29 is 14.3 Å². The van der Waals surface area contributed by atoms with Crippen LogP contribution in [0, 0.1) is 0 Å². The highest BCUT2D eigenvalue weighted by Crippen LogP contribution is 2.19. The van der Waals surface area contributed by atoms with E-state index in [1.54, 1.807) is 49.3 Å². The molecular weight excluding hydrogens is 344 g/mol. The maximum atomic E-state index is 13.1. The molecule has 1 saturated heterocycles. The Balaban J connectivity index is 2.10. The first-order valence-corrected chi connectivity index (χ1v) is 9.38. The molecule has 0 spiro atoms. The molecule has 0 saturated carbocycles. The third kappa shape index (κ3) is 5.87. The number of amides is 2. The quantitative estimate of drug-likeness (QED) is 0.660. The summed E-state index contributed by atoms with van der Waals surface area (Å²) in [6.07, 6.45) is 5.59. The summed E-state index contributed by atoms with van der Waals surface area (Å²) in [5.41, 5.74) is -0.449. The minimum absolute atomic E-state index is 0.168. The monoisotopic (exact) mass is 374 g/mol. The second-order valence-corrected chi connectivity index (χ2v) is 7.06. The predicted molar refractivity (Wildman–Crippen MR) is 104 cm³/mol. The zero-order chi connectivity index (χ0) is 19.7. The normalized spacial score (nSPS) is 15.2.